The molecule has 154 valence electrons. The van der Waals surface area contributed by atoms with Crippen molar-refractivity contribution < 1.29 is 13.6 Å². The van der Waals surface area contributed by atoms with E-state index in [2.05, 4.69) is 0 Å². The highest BCUT2D eigenvalue weighted by Crippen LogP contribution is 2.40. The molecule has 1 atom stereocenters. The second kappa shape index (κ2) is 7.52. The smallest absolute Gasteiger partial charge is 0.291 e. The summed E-state index contributed by atoms with van der Waals surface area (Å²) in [4.78, 5) is 28.2. The van der Waals surface area contributed by atoms with E-state index in [4.69, 9.17) is 27.6 Å². The Labute approximate surface area is 186 Å². The lowest BCUT2D eigenvalue weighted by Crippen LogP contribution is -2.30. The fraction of sp³-hybridized carbons (Fsp3) is 0.0833. The third-order valence-electron chi connectivity index (χ3n) is 5.43. The highest BCUT2D eigenvalue weighted by atomic mass is 35.5. The first-order valence-electron chi connectivity index (χ1n) is 9.51. The van der Waals surface area contributed by atoms with E-state index in [1.54, 1.807) is 54.6 Å². The number of rotatable bonds is 3. The minimum absolute atomic E-state index is 0.0816. The molecule has 1 amide bonds. The van der Waals surface area contributed by atoms with Crippen LogP contribution in [0.1, 0.15) is 33.3 Å². The normalized spacial score (nSPS) is 15.5. The van der Waals surface area contributed by atoms with Crippen molar-refractivity contribution in [3.8, 4) is 0 Å². The second-order valence-corrected chi connectivity index (χ2v) is 8.11. The maximum Gasteiger partial charge on any atom is 0.291 e. The Hall–Kier alpha value is -3.15. The van der Waals surface area contributed by atoms with E-state index in [0.717, 1.165) is 0 Å². The number of benzene rings is 3. The molecule has 2 heterocycles. The van der Waals surface area contributed by atoms with Crippen LogP contribution >= 0.6 is 23.2 Å². The van der Waals surface area contributed by atoms with E-state index in [-0.39, 0.29) is 34.4 Å². The molecule has 0 N–H and O–H groups in total. The van der Waals surface area contributed by atoms with Crippen LogP contribution in [0.3, 0.4) is 0 Å². The molecule has 0 aliphatic carbocycles. The van der Waals surface area contributed by atoms with Crippen LogP contribution in [-0.2, 0) is 6.54 Å². The van der Waals surface area contributed by atoms with Crippen molar-refractivity contribution in [2.45, 2.75) is 12.6 Å². The Morgan fingerprint density at radius 1 is 0.968 bits per heavy atom. The Morgan fingerprint density at radius 2 is 1.71 bits per heavy atom. The molecule has 31 heavy (non-hydrogen) atoms. The van der Waals surface area contributed by atoms with E-state index in [1.807, 2.05) is 0 Å². The quantitative estimate of drug-likeness (QED) is 0.383. The van der Waals surface area contributed by atoms with Gasteiger partial charge in [0.2, 0.25) is 5.76 Å². The summed E-state index contributed by atoms with van der Waals surface area (Å²) in [5, 5.41) is 1.06. The molecule has 0 fully saturated rings. The Kier molecular flexibility index (Phi) is 4.80. The Morgan fingerprint density at radius 3 is 2.48 bits per heavy atom. The largest absolute Gasteiger partial charge is 0.450 e. The lowest BCUT2D eigenvalue weighted by atomic mass is 9.98. The van der Waals surface area contributed by atoms with E-state index >= 15 is 0 Å². The van der Waals surface area contributed by atoms with Crippen molar-refractivity contribution in [3.63, 3.8) is 0 Å². The number of hydrogen-bond acceptors (Lipinski definition) is 3. The molecule has 5 rings (SSSR count). The number of halogens is 3. The summed E-state index contributed by atoms with van der Waals surface area (Å²) in [5.41, 5.74) is 0.800. The first-order valence-corrected chi connectivity index (χ1v) is 10.3. The van der Waals surface area contributed by atoms with Gasteiger partial charge in [0, 0.05) is 22.2 Å². The minimum Gasteiger partial charge on any atom is -0.450 e. The Balaban J connectivity index is 1.77. The third-order valence-corrected chi connectivity index (χ3v) is 6.03. The van der Waals surface area contributed by atoms with Crippen molar-refractivity contribution >= 4 is 40.1 Å². The van der Waals surface area contributed by atoms with E-state index < -0.39 is 23.2 Å². The summed E-state index contributed by atoms with van der Waals surface area (Å²) in [7, 11) is 0. The predicted molar refractivity (Wildman–Crippen MR) is 117 cm³/mol. The van der Waals surface area contributed by atoms with Gasteiger partial charge in [-0.2, -0.15) is 0 Å². The fourth-order valence-electron chi connectivity index (χ4n) is 3.99. The summed E-state index contributed by atoms with van der Waals surface area (Å²) < 4.78 is 20.7. The molecule has 0 bridgehead atoms. The molecule has 1 aromatic heterocycles. The lowest BCUT2D eigenvalue weighted by Gasteiger charge is -2.26. The molecule has 1 aliphatic heterocycles. The summed E-state index contributed by atoms with van der Waals surface area (Å²) in [6, 6.07) is 16.8. The highest BCUT2D eigenvalue weighted by molar-refractivity contribution is 6.31. The monoisotopic (exact) mass is 453 g/mol. The van der Waals surface area contributed by atoms with Gasteiger partial charge in [-0.3, -0.25) is 9.59 Å². The average molecular weight is 454 g/mol. The van der Waals surface area contributed by atoms with Crippen LogP contribution in [0, 0.1) is 5.82 Å². The molecule has 0 saturated carbocycles. The van der Waals surface area contributed by atoms with Crippen LogP contribution < -0.4 is 5.43 Å². The van der Waals surface area contributed by atoms with Crippen LogP contribution in [0.15, 0.2) is 75.9 Å². The molecule has 0 saturated heterocycles. The van der Waals surface area contributed by atoms with Crippen molar-refractivity contribution in [2.75, 3.05) is 0 Å². The first-order chi connectivity index (χ1) is 15.0. The lowest BCUT2D eigenvalue weighted by molar-refractivity contribution is 0.0712. The number of carbonyl (C=O) groups is 1. The predicted octanol–water partition coefficient (Wildman–Crippen LogP) is 5.98. The zero-order valence-corrected chi connectivity index (χ0v) is 17.5. The SMILES string of the molecule is O=C1c2oc3ccc(Cl)cc3c(=O)c2C(c2ccccc2F)N1Cc1ccccc1Cl. The van der Waals surface area contributed by atoms with Crippen LogP contribution in [-0.4, -0.2) is 10.8 Å². The zero-order valence-electron chi connectivity index (χ0n) is 15.9. The molecule has 3 aromatic carbocycles. The highest BCUT2D eigenvalue weighted by Gasteiger charge is 2.43. The molecule has 1 unspecified atom stereocenters. The fourth-order valence-corrected chi connectivity index (χ4v) is 4.35. The second-order valence-electron chi connectivity index (χ2n) is 7.26. The standard InChI is InChI=1S/C24H14Cl2FNO3/c25-14-9-10-19-16(11-14)22(29)20-21(15-6-2-4-8-18(15)27)28(24(30)23(20)31-19)12-13-5-1-3-7-17(13)26/h1-11,21H,12H2. The number of fused-ring (bicyclic) bond motifs is 2. The molecule has 7 heteroatoms. The van der Waals surface area contributed by atoms with Crippen LogP contribution in [0.5, 0.6) is 0 Å². The molecule has 0 radical (unpaired) electrons. The molecular weight excluding hydrogens is 440 g/mol. The van der Waals surface area contributed by atoms with Crippen LogP contribution in [0.2, 0.25) is 10.0 Å². The van der Waals surface area contributed by atoms with Crippen molar-refractivity contribution in [1.29, 1.82) is 0 Å². The van der Waals surface area contributed by atoms with Crippen molar-refractivity contribution in [2.24, 2.45) is 0 Å². The van der Waals surface area contributed by atoms with Gasteiger partial charge >= 0.3 is 0 Å². The summed E-state index contributed by atoms with van der Waals surface area (Å²) in [6.07, 6.45) is 0. The first kappa shape index (κ1) is 19.8. The van der Waals surface area contributed by atoms with Gasteiger partial charge < -0.3 is 9.32 Å². The number of carbonyl (C=O) groups excluding carboxylic acids is 1. The van der Waals surface area contributed by atoms with E-state index in [1.165, 1.54) is 17.0 Å². The van der Waals surface area contributed by atoms with Gasteiger partial charge in [0.25, 0.3) is 5.91 Å². The third kappa shape index (κ3) is 3.21. The number of nitrogens with zero attached hydrogens (tertiary/aromatic N) is 1. The van der Waals surface area contributed by atoms with Crippen LogP contribution in [0.25, 0.3) is 11.0 Å². The molecule has 0 spiro atoms. The Bertz CT molecular complexity index is 1420. The summed E-state index contributed by atoms with van der Waals surface area (Å²) >= 11 is 12.4. The van der Waals surface area contributed by atoms with E-state index in [0.29, 0.717) is 15.6 Å². The van der Waals surface area contributed by atoms with Gasteiger partial charge in [0.05, 0.1) is 17.0 Å². The van der Waals surface area contributed by atoms with Gasteiger partial charge in [-0.25, -0.2) is 4.39 Å². The van der Waals surface area contributed by atoms with Gasteiger partial charge in [-0.05, 0) is 35.9 Å². The average Bonchev–Trinajstić information content (AvgIpc) is 3.03. The number of amides is 1. The van der Waals surface area contributed by atoms with Crippen molar-refractivity contribution in [1.82, 2.24) is 4.90 Å². The summed E-state index contributed by atoms with van der Waals surface area (Å²) in [5.74, 6) is -1.12. The van der Waals surface area contributed by atoms with Gasteiger partial charge in [0.15, 0.2) is 5.43 Å². The molecule has 4 aromatic rings. The van der Waals surface area contributed by atoms with Crippen molar-refractivity contribution in [3.05, 3.63) is 115 Å². The van der Waals surface area contributed by atoms with Gasteiger partial charge in [0.1, 0.15) is 11.4 Å². The maximum atomic E-state index is 14.8. The molecule has 4 nitrogen and oxygen atoms in total. The zero-order chi connectivity index (χ0) is 21.7. The minimum atomic E-state index is -0.959. The van der Waals surface area contributed by atoms with E-state index in [9.17, 15) is 14.0 Å². The topological polar surface area (TPSA) is 50.5 Å². The molecule has 1 aliphatic rings. The van der Waals surface area contributed by atoms with Crippen LogP contribution in [0.4, 0.5) is 4.39 Å². The summed E-state index contributed by atoms with van der Waals surface area (Å²) in [6.45, 7) is 0.0816. The maximum absolute atomic E-state index is 14.8. The van der Waals surface area contributed by atoms with Gasteiger partial charge in [-0.15, -0.1) is 0 Å². The number of hydrogen-bond donors (Lipinski definition) is 0. The van der Waals surface area contributed by atoms with Gasteiger partial charge in [-0.1, -0.05) is 59.6 Å². The molecular formula is C24H14Cl2FNO3.